The normalized spacial score (nSPS) is 10.4. The van der Waals surface area contributed by atoms with Crippen LogP contribution in [-0.4, -0.2) is 13.1 Å². The van der Waals surface area contributed by atoms with Gasteiger partial charge in [0.1, 0.15) is 11.4 Å². The molecule has 14 heavy (non-hydrogen) atoms. The van der Waals surface area contributed by atoms with E-state index in [0.29, 0.717) is 11.0 Å². The molecule has 2 aromatic rings. The van der Waals surface area contributed by atoms with Crippen molar-refractivity contribution in [3.8, 4) is 0 Å². The van der Waals surface area contributed by atoms with Crippen molar-refractivity contribution in [3.63, 3.8) is 0 Å². The molecular formula is C10H7FO3. The molecule has 1 aromatic heterocycles. The van der Waals surface area contributed by atoms with Gasteiger partial charge < -0.3 is 9.15 Å². The molecule has 0 aliphatic carbocycles. The minimum absolute atomic E-state index is 0.0769. The summed E-state index contributed by atoms with van der Waals surface area (Å²) in [5, 5.41) is 0.673. The molecule has 1 heterocycles. The summed E-state index contributed by atoms with van der Waals surface area (Å²) in [7, 11) is 1.26. The topological polar surface area (TPSA) is 39.4 Å². The molecule has 0 N–H and O–H groups in total. The van der Waals surface area contributed by atoms with Gasteiger partial charge in [0.25, 0.3) is 0 Å². The molecule has 0 atom stereocenters. The van der Waals surface area contributed by atoms with Gasteiger partial charge in [-0.15, -0.1) is 0 Å². The molecule has 0 aliphatic heterocycles. The number of ether oxygens (including phenoxy) is 1. The molecule has 0 unspecified atom stereocenters. The molecule has 0 fully saturated rings. The van der Waals surface area contributed by atoms with Gasteiger partial charge in [-0.05, 0) is 18.2 Å². The number of carbonyl (C=O) groups excluding carboxylic acids is 1. The van der Waals surface area contributed by atoms with Crippen molar-refractivity contribution in [2.75, 3.05) is 7.11 Å². The molecule has 3 nitrogen and oxygen atoms in total. The standard InChI is InChI=1S/C10H7FO3/c1-13-10(12)9-4-6-2-3-7(11)5-8(6)14-9/h2-5H,1H3. The van der Waals surface area contributed by atoms with Crippen LogP contribution in [0.25, 0.3) is 11.0 Å². The van der Waals surface area contributed by atoms with E-state index in [1.165, 1.54) is 25.3 Å². The first kappa shape index (κ1) is 8.74. The lowest BCUT2D eigenvalue weighted by Gasteiger charge is -1.90. The first-order valence-electron chi connectivity index (χ1n) is 3.98. The van der Waals surface area contributed by atoms with E-state index >= 15 is 0 Å². The lowest BCUT2D eigenvalue weighted by Crippen LogP contribution is -1.97. The second-order valence-corrected chi connectivity index (χ2v) is 2.78. The minimum atomic E-state index is -0.568. The molecule has 0 bridgehead atoms. The van der Waals surface area contributed by atoms with E-state index in [4.69, 9.17) is 4.42 Å². The van der Waals surface area contributed by atoms with Gasteiger partial charge in [-0.1, -0.05) is 0 Å². The summed E-state index contributed by atoms with van der Waals surface area (Å²) in [6, 6.07) is 5.59. The highest BCUT2D eigenvalue weighted by Crippen LogP contribution is 2.20. The Morgan fingerprint density at radius 2 is 2.21 bits per heavy atom. The van der Waals surface area contributed by atoms with Crippen LogP contribution in [0.5, 0.6) is 0 Å². The number of halogens is 1. The van der Waals surface area contributed by atoms with Crippen molar-refractivity contribution in [1.82, 2.24) is 0 Å². The monoisotopic (exact) mass is 194 g/mol. The SMILES string of the molecule is COC(=O)c1cc2ccc(F)cc2o1. The Balaban J connectivity index is 2.56. The lowest BCUT2D eigenvalue weighted by atomic mass is 10.2. The summed E-state index contributed by atoms with van der Waals surface area (Å²) in [6.07, 6.45) is 0. The number of carbonyl (C=O) groups is 1. The fourth-order valence-electron chi connectivity index (χ4n) is 1.21. The smallest absolute Gasteiger partial charge is 0.373 e. The maximum absolute atomic E-state index is 12.8. The second kappa shape index (κ2) is 3.14. The summed E-state index contributed by atoms with van der Waals surface area (Å²) in [5.41, 5.74) is 0.338. The fourth-order valence-corrected chi connectivity index (χ4v) is 1.21. The van der Waals surface area contributed by atoms with Crippen LogP contribution in [0.15, 0.2) is 28.7 Å². The van der Waals surface area contributed by atoms with E-state index in [0.717, 1.165) is 0 Å². The summed E-state index contributed by atoms with van der Waals surface area (Å²) in [6.45, 7) is 0. The van der Waals surface area contributed by atoms with Gasteiger partial charge in [0.15, 0.2) is 0 Å². The van der Waals surface area contributed by atoms with Crippen LogP contribution in [0.2, 0.25) is 0 Å². The van der Waals surface area contributed by atoms with Crippen molar-refractivity contribution in [3.05, 3.63) is 35.8 Å². The summed E-state index contributed by atoms with van der Waals surface area (Å²) < 4.78 is 22.3. The highest BCUT2D eigenvalue weighted by Gasteiger charge is 2.12. The van der Waals surface area contributed by atoms with Crippen LogP contribution >= 0.6 is 0 Å². The van der Waals surface area contributed by atoms with E-state index in [2.05, 4.69) is 4.74 Å². The Bertz CT molecular complexity index is 487. The number of esters is 1. The van der Waals surface area contributed by atoms with E-state index in [9.17, 15) is 9.18 Å². The van der Waals surface area contributed by atoms with E-state index in [1.54, 1.807) is 6.07 Å². The largest absolute Gasteiger partial charge is 0.463 e. The van der Waals surface area contributed by atoms with E-state index < -0.39 is 11.8 Å². The zero-order chi connectivity index (χ0) is 10.1. The third-order valence-electron chi connectivity index (χ3n) is 1.87. The molecule has 0 radical (unpaired) electrons. The number of hydrogen-bond acceptors (Lipinski definition) is 3. The highest BCUT2D eigenvalue weighted by molar-refractivity contribution is 5.92. The van der Waals surface area contributed by atoms with Gasteiger partial charge in [-0.2, -0.15) is 0 Å². The Hall–Kier alpha value is -1.84. The van der Waals surface area contributed by atoms with E-state index in [1.807, 2.05) is 0 Å². The third kappa shape index (κ3) is 1.35. The highest BCUT2D eigenvalue weighted by atomic mass is 19.1. The van der Waals surface area contributed by atoms with Crippen molar-refractivity contribution in [2.24, 2.45) is 0 Å². The summed E-state index contributed by atoms with van der Waals surface area (Å²) in [5.74, 6) is -0.891. The Morgan fingerprint density at radius 1 is 1.43 bits per heavy atom. The molecule has 2 rings (SSSR count). The number of methoxy groups -OCH3 is 1. The van der Waals surface area contributed by atoms with Gasteiger partial charge in [0.2, 0.25) is 5.76 Å². The number of benzene rings is 1. The molecule has 0 saturated heterocycles. The fraction of sp³-hybridized carbons (Fsp3) is 0.100. The first-order valence-corrected chi connectivity index (χ1v) is 3.98. The number of fused-ring (bicyclic) bond motifs is 1. The zero-order valence-corrected chi connectivity index (χ0v) is 7.41. The van der Waals surface area contributed by atoms with Crippen LogP contribution in [0.1, 0.15) is 10.6 Å². The third-order valence-corrected chi connectivity index (χ3v) is 1.87. The van der Waals surface area contributed by atoms with Crippen molar-refractivity contribution in [1.29, 1.82) is 0 Å². The number of rotatable bonds is 1. The first-order chi connectivity index (χ1) is 6.70. The lowest BCUT2D eigenvalue weighted by molar-refractivity contribution is 0.0567. The molecule has 4 heteroatoms. The van der Waals surface area contributed by atoms with Crippen LogP contribution in [-0.2, 0) is 4.74 Å². The van der Waals surface area contributed by atoms with Crippen molar-refractivity contribution in [2.45, 2.75) is 0 Å². The number of furan rings is 1. The van der Waals surface area contributed by atoms with Gasteiger partial charge in [-0.3, -0.25) is 0 Å². The molecule has 1 aromatic carbocycles. The van der Waals surface area contributed by atoms with Crippen LogP contribution in [0.3, 0.4) is 0 Å². The predicted molar refractivity (Wildman–Crippen MR) is 47.5 cm³/mol. The molecule has 0 spiro atoms. The van der Waals surface area contributed by atoms with Crippen LogP contribution < -0.4 is 0 Å². The zero-order valence-electron chi connectivity index (χ0n) is 7.41. The predicted octanol–water partition coefficient (Wildman–Crippen LogP) is 2.36. The maximum Gasteiger partial charge on any atom is 0.373 e. The summed E-state index contributed by atoms with van der Waals surface area (Å²) in [4.78, 5) is 11.1. The Labute approximate surface area is 79.1 Å². The van der Waals surface area contributed by atoms with Crippen LogP contribution in [0, 0.1) is 5.82 Å². The molecular weight excluding hydrogens is 187 g/mol. The Kier molecular flexibility index (Phi) is 1.96. The quantitative estimate of drug-likeness (QED) is 0.654. The minimum Gasteiger partial charge on any atom is -0.463 e. The second-order valence-electron chi connectivity index (χ2n) is 2.78. The molecule has 0 amide bonds. The van der Waals surface area contributed by atoms with E-state index in [-0.39, 0.29) is 5.76 Å². The van der Waals surface area contributed by atoms with Crippen molar-refractivity contribution < 1.29 is 18.3 Å². The van der Waals surface area contributed by atoms with Gasteiger partial charge >= 0.3 is 5.97 Å². The molecule has 0 saturated carbocycles. The molecule has 0 aliphatic rings. The van der Waals surface area contributed by atoms with Gasteiger partial charge in [0.05, 0.1) is 7.11 Å². The maximum atomic E-state index is 12.8. The Morgan fingerprint density at radius 3 is 2.93 bits per heavy atom. The van der Waals surface area contributed by atoms with Crippen LogP contribution in [0.4, 0.5) is 4.39 Å². The number of hydrogen-bond donors (Lipinski definition) is 0. The van der Waals surface area contributed by atoms with Crippen molar-refractivity contribution >= 4 is 16.9 Å². The average molecular weight is 194 g/mol. The average Bonchev–Trinajstić information content (AvgIpc) is 2.59. The van der Waals surface area contributed by atoms with Gasteiger partial charge in [-0.25, -0.2) is 9.18 Å². The summed E-state index contributed by atoms with van der Waals surface area (Å²) >= 11 is 0. The van der Waals surface area contributed by atoms with Gasteiger partial charge in [0, 0.05) is 11.5 Å². The molecule has 72 valence electrons.